The Hall–Kier alpha value is -0.780. The van der Waals surface area contributed by atoms with Crippen molar-refractivity contribution in [2.75, 3.05) is 0 Å². The third kappa shape index (κ3) is 3.37. The van der Waals surface area contributed by atoms with Crippen molar-refractivity contribution in [3.05, 3.63) is 22.4 Å². The van der Waals surface area contributed by atoms with E-state index >= 15 is 0 Å². The summed E-state index contributed by atoms with van der Waals surface area (Å²) < 4.78 is 42.0. The fourth-order valence-electron chi connectivity index (χ4n) is 0.921. The Morgan fingerprint density at radius 3 is 2.33 bits per heavy atom. The summed E-state index contributed by atoms with van der Waals surface area (Å²) in [6.45, 7) is 3.56. The summed E-state index contributed by atoms with van der Waals surface area (Å²) in [4.78, 5) is 3.36. The van der Waals surface area contributed by atoms with Crippen molar-refractivity contribution in [3.8, 4) is 5.75 Å². The second-order valence-corrected chi connectivity index (χ2v) is 3.90. The van der Waals surface area contributed by atoms with E-state index in [4.69, 9.17) is 4.74 Å². The number of ether oxygens (including phenoxy) is 1. The van der Waals surface area contributed by atoms with Gasteiger partial charge in [0.05, 0.1) is 6.10 Å². The van der Waals surface area contributed by atoms with Crippen molar-refractivity contribution in [1.82, 2.24) is 4.98 Å². The number of rotatable bonds is 2. The predicted molar refractivity (Wildman–Crippen MR) is 52.7 cm³/mol. The van der Waals surface area contributed by atoms with Gasteiger partial charge >= 0.3 is 6.18 Å². The molecule has 84 valence electrons. The van der Waals surface area contributed by atoms with Crippen LogP contribution in [-0.4, -0.2) is 11.1 Å². The fraction of sp³-hybridized carbons (Fsp3) is 0.444. The molecule has 6 heteroatoms. The van der Waals surface area contributed by atoms with E-state index in [1.807, 2.05) is 0 Å². The van der Waals surface area contributed by atoms with Crippen LogP contribution in [0.15, 0.2) is 16.7 Å². The van der Waals surface area contributed by atoms with E-state index in [1.54, 1.807) is 13.8 Å². The van der Waals surface area contributed by atoms with Crippen molar-refractivity contribution in [3.63, 3.8) is 0 Å². The smallest absolute Gasteiger partial charge is 0.433 e. The van der Waals surface area contributed by atoms with Crippen LogP contribution in [0.1, 0.15) is 19.5 Å². The maximum Gasteiger partial charge on any atom is 0.433 e. The van der Waals surface area contributed by atoms with Gasteiger partial charge in [0.2, 0.25) is 0 Å². The Morgan fingerprint density at radius 2 is 1.93 bits per heavy atom. The van der Waals surface area contributed by atoms with Crippen molar-refractivity contribution >= 4 is 15.9 Å². The molecule has 1 heterocycles. The van der Waals surface area contributed by atoms with E-state index in [1.165, 1.54) is 6.07 Å². The Labute approximate surface area is 93.6 Å². The number of pyridine rings is 1. The lowest BCUT2D eigenvalue weighted by molar-refractivity contribution is -0.141. The maximum absolute atomic E-state index is 12.2. The summed E-state index contributed by atoms with van der Waals surface area (Å²) in [5.74, 6) is 0.304. The molecule has 0 saturated heterocycles. The molecule has 0 aliphatic carbocycles. The Balaban J connectivity index is 2.98. The van der Waals surface area contributed by atoms with Gasteiger partial charge in [-0.1, -0.05) is 0 Å². The van der Waals surface area contributed by atoms with Gasteiger partial charge in [-0.25, -0.2) is 4.98 Å². The monoisotopic (exact) mass is 283 g/mol. The van der Waals surface area contributed by atoms with Gasteiger partial charge in [-0.05, 0) is 41.9 Å². The molecule has 1 aromatic rings. The molecule has 1 aromatic heterocycles. The van der Waals surface area contributed by atoms with Crippen LogP contribution in [0.3, 0.4) is 0 Å². The highest BCUT2D eigenvalue weighted by Gasteiger charge is 2.33. The largest absolute Gasteiger partial charge is 0.488 e. The first-order valence-electron chi connectivity index (χ1n) is 4.21. The molecule has 0 saturated carbocycles. The minimum Gasteiger partial charge on any atom is -0.488 e. The zero-order chi connectivity index (χ0) is 11.6. The van der Waals surface area contributed by atoms with E-state index in [0.717, 1.165) is 6.07 Å². The Morgan fingerprint density at radius 1 is 1.33 bits per heavy atom. The van der Waals surface area contributed by atoms with Gasteiger partial charge in [0.25, 0.3) is 0 Å². The molecule has 0 radical (unpaired) electrons. The number of aromatic nitrogens is 1. The number of hydrogen-bond donors (Lipinski definition) is 0. The molecule has 0 bridgehead atoms. The molecule has 0 aromatic carbocycles. The lowest BCUT2D eigenvalue weighted by Crippen LogP contribution is -2.10. The Kier molecular flexibility index (Phi) is 3.59. The number of alkyl halides is 3. The Bertz CT molecular complexity index is 352. The summed E-state index contributed by atoms with van der Waals surface area (Å²) in [5, 5.41) is 0. The molecule has 0 N–H and O–H groups in total. The highest BCUT2D eigenvalue weighted by Crippen LogP contribution is 2.32. The molecular formula is C9H9BrF3NO. The average Bonchev–Trinajstić information content (AvgIpc) is 2.05. The second-order valence-electron chi connectivity index (χ2n) is 3.15. The standard InChI is InChI=1S/C9H9BrF3NO/c1-5(2)15-6-3-4-7(9(11,12)13)14-8(6)10/h3-5H,1-2H3. The molecule has 0 fully saturated rings. The van der Waals surface area contributed by atoms with Gasteiger partial charge < -0.3 is 4.74 Å². The summed E-state index contributed by atoms with van der Waals surface area (Å²) in [6, 6.07) is 2.14. The minimum absolute atomic E-state index is 0.0611. The van der Waals surface area contributed by atoms with E-state index < -0.39 is 11.9 Å². The van der Waals surface area contributed by atoms with Crippen LogP contribution < -0.4 is 4.74 Å². The fourth-order valence-corrected chi connectivity index (χ4v) is 1.34. The van der Waals surface area contributed by atoms with Gasteiger partial charge in [0, 0.05) is 0 Å². The van der Waals surface area contributed by atoms with E-state index in [0.29, 0.717) is 5.75 Å². The average molecular weight is 284 g/mol. The molecule has 15 heavy (non-hydrogen) atoms. The van der Waals surface area contributed by atoms with Crippen LogP contribution in [0.4, 0.5) is 13.2 Å². The molecule has 0 amide bonds. The van der Waals surface area contributed by atoms with Gasteiger partial charge in [-0.15, -0.1) is 0 Å². The van der Waals surface area contributed by atoms with Crippen LogP contribution >= 0.6 is 15.9 Å². The molecule has 0 unspecified atom stereocenters. The lowest BCUT2D eigenvalue weighted by atomic mass is 10.3. The zero-order valence-electron chi connectivity index (χ0n) is 8.10. The second kappa shape index (κ2) is 4.38. The number of hydrogen-bond acceptors (Lipinski definition) is 2. The summed E-state index contributed by atoms with van der Waals surface area (Å²) >= 11 is 2.93. The first-order valence-corrected chi connectivity index (χ1v) is 5.00. The predicted octanol–water partition coefficient (Wildman–Crippen LogP) is 3.65. The number of halogens is 4. The highest BCUT2D eigenvalue weighted by molar-refractivity contribution is 9.10. The maximum atomic E-state index is 12.2. The summed E-state index contributed by atoms with van der Waals surface area (Å²) in [7, 11) is 0. The van der Waals surface area contributed by atoms with E-state index in [9.17, 15) is 13.2 Å². The lowest BCUT2D eigenvalue weighted by Gasteiger charge is -2.12. The molecule has 2 nitrogen and oxygen atoms in total. The van der Waals surface area contributed by atoms with Crippen molar-refractivity contribution in [2.45, 2.75) is 26.1 Å². The third-order valence-electron chi connectivity index (χ3n) is 1.47. The molecule has 0 aliphatic rings. The van der Waals surface area contributed by atoms with E-state index in [2.05, 4.69) is 20.9 Å². The van der Waals surface area contributed by atoms with Crippen LogP contribution in [0.25, 0.3) is 0 Å². The SMILES string of the molecule is CC(C)Oc1ccc(C(F)(F)F)nc1Br. The van der Waals surface area contributed by atoms with E-state index in [-0.39, 0.29) is 10.7 Å². The van der Waals surface area contributed by atoms with Crippen LogP contribution in [-0.2, 0) is 6.18 Å². The van der Waals surface area contributed by atoms with Gasteiger partial charge in [0.15, 0.2) is 5.75 Å². The van der Waals surface area contributed by atoms with Gasteiger partial charge in [-0.3, -0.25) is 0 Å². The van der Waals surface area contributed by atoms with Crippen LogP contribution in [0, 0.1) is 0 Å². The number of nitrogens with zero attached hydrogens (tertiary/aromatic N) is 1. The van der Waals surface area contributed by atoms with Crippen molar-refractivity contribution in [2.24, 2.45) is 0 Å². The van der Waals surface area contributed by atoms with Gasteiger partial charge in [0.1, 0.15) is 10.3 Å². The quantitative estimate of drug-likeness (QED) is 0.773. The summed E-state index contributed by atoms with van der Waals surface area (Å²) in [5.41, 5.74) is -0.939. The van der Waals surface area contributed by atoms with Crippen molar-refractivity contribution < 1.29 is 17.9 Å². The summed E-state index contributed by atoms with van der Waals surface area (Å²) in [6.07, 6.45) is -4.54. The molecule has 0 atom stereocenters. The van der Waals surface area contributed by atoms with Crippen molar-refractivity contribution in [1.29, 1.82) is 0 Å². The highest BCUT2D eigenvalue weighted by atomic mass is 79.9. The van der Waals surface area contributed by atoms with Gasteiger partial charge in [-0.2, -0.15) is 13.2 Å². The molecular weight excluding hydrogens is 275 g/mol. The molecule has 0 aliphatic heterocycles. The molecule has 1 rings (SSSR count). The minimum atomic E-state index is -4.43. The normalized spacial score (nSPS) is 11.9. The van der Waals surface area contributed by atoms with Crippen LogP contribution in [0.2, 0.25) is 0 Å². The molecule has 0 spiro atoms. The first kappa shape index (κ1) is 12.3. The topological polar surface area (TPSA) is 22.1 Å². The van der Waals surface area contributed by atoms with Crippen LogP contribution in [0.5, 0.6) is 5.75 Å². The first-order chi connectivity index (χ1) is 6.80. The zero-order valence-corrected chi connectivity index (χ0v) is 9.69. The third-order valence-corrected chi connectivity index (χ3v) is 2.04.